The molecule has 0 bridgehead atoms. The van der Waals surface area contributed by atoms with Gasteiger partial charge in [-0.15, -0.1) is 0 Å². The molecule has 0 aliphatic carbocycles. The summed E-state index contributed by atoms with van der Waals surface area (Å²) in [7, 11) is 0. The Kier molecular flexibility index (Phi) is 6.04. The molecule has 0 aromatic carbocycles. The Morgan fingerprint density at radius 3 is 3.07 bits per heavy atom. The Bertz CT molecular complexity index is 261. The van der Waals surface area contributed by atoms with Crippen LogP contribution in [0, 0.1) is 0 Å². The maximum absolute atomic E-state index is 5.54. The van der Waals surface area contributed by atoms with Gasteiger partial charge in [-0.3, -0.25) is 0 Å². The Labute approximate surface area is 91.0 Å². The van der Waals surface area contributed by atoms with Crippen LogP contribution in [0.1, 0.15) is 31.9 Å². The van der Waals surface area contributed by atoms with Gasteiger partial charge in [-0.2, -0.15) is 0 Å². The lowest BCUT2D eigenvalue weighted by Crippen LogP contribution is -2.11. The summed E-state index contributed by atoms with van der Waals surface area (Å²) in [6.45, 7) is 7.28. The minimum atomic E-state index is 0.710. The minimum Gasteiger partial charge on any atom is -0.444 e. The summed E-state index contributed by atoms with van der Waals surface area (Å²) < 4.78 is 10.8. The van der Waals surface area contributed by atoms with Crippen LogP contribution in [0.4, 0.5) is 0 Å². The number of hydrogen-bond acceptors (Lipinski definition) is 4. The molecule has 0 aliphatic rings. The average molecular weight is 212 g/mol. The molecule has 0 saturated carbocycles. The largest absolute Gasteiger partial charge is 0.444 e. The van der Waals surface area contributed by atoms with Gasteiger partial charge in [-0.25, -0.2) is 4.98 Å². The topological polar surface area (TPSA) is 47.3 Å². The van der Waals surface area contributed by atoms with Crippen LogP contribution >= 0.6 is 0 Å². The highest BCUT2D eigenvalue weighted by molar-refractivity contribution is 4.94. The van der Waals surface area contributed by atoms with Crippen molar-refractivity contribution < 1.29 is 9.15 Å². The van der Waals surface area contributed by atoms with Crippen LogP contribution in [0.2, 0.25) is 0 Å². The van der Waals surface area contributed by atoms with E-state index in [0.29, 0.717) is 6.54 Å². The van der Waals surface area contributed by atoms with Crippen molar-refractivity contribution in [3.8, 4) is 0 Å². The lowest BCUT2D eigenvalue weighted by atomic mass is 10.3. The summed E-state index contributed by atoms with van der Waals surface area (Å²) in [5.41, 5.74) is 0. The molecule has 86 valence electrons. The quantitative estimate of drug-likeness (QED) is 0.667. The Morgan fingerprint density at radius 1 is 1.47 bits per heavy atom. The summed E-state index contributed by atoms with van der Waals surface area (Å²) in [5, 5.41) is 3.17. The summed E-state index contributed by atoms with van der Waals surface area (Å²) in [4.78, 5) is 4.18. The van der Waals surface area contributed by atoms with E-state index in [4.69, 9.17) is 9.15 Å². The fourth-order valence-electron chi connectivity index (χ4n) is 1.27. The van der Waals surface area contributed by atoms with Gasteiger partial charge in [-0.05, 0) is 19.9 Å². The molecular weight excluding hydrogens is 192 g/mol. The van der Waals surface area contributed by atoms with Crippen molar-refractivity contribution in [1.29, 1.82) is 0 Å². The Morgan fingerprint density at radius 2 is 2.33 bits per heavy atom. The van der Waals surface area contributed by atoms with E-state index in [0.717, 1.165) is 44.3 Å². The van der Waals surface area contributed by atoms with Gasteiger partial charge in [0.05, 0.1) is 12.7 Å². The normalized spacial score (nSPS) is 10.8. The van der Waals surface area contributed by atoms with E-state index in [1.807, 2.05) is 6.92 Å². The molecule has 0 radical (unpaired) electrons. The molecule has 0 aliphatic heterocycles. The minimum absolute atomic E-state index is 0.710. The van der Waals surface area contributed by atoms with Crippen molar-refractivity contribution in [3.05, 3.63) is 17.8 Å². The molecule has 1 aromatic rings. The van der Waals surface area contributed by atoms with Crippen molar-refractivity contribution in [2.24, 2.45) is 0 Å². The first kappa shape index (κ1) is 12.2. The van der Waals surface area contributed by atoms with Crippen molar-refractivity contribution in [3.63, 3.8) is 0 Å². The predicted molar refractivity (Wildman–Crippen MR) is 58.7 cm³/mol. The third kappa shape index (κ3) is 4.95. The molecule has 1 heterocycles. The molecule has 0 spiro atoms. The lowest BCUT2D eigenvalue weighted by molar-refractivity contribution is 0.144. The third-order valence-corrected chi connectivity index (χ3v) is 2.04. The molecular formula is C11H20N2O2. The number of nitrogens with one attached hydrogen (secondary N) is 1. The highest BCUT2D eigenvalue weighted by atomic mass is 16.5. The molecule has 4 nitrogen and oxygen atoms in total. The van der Waals surface area contributed by atoms with Crippen LogP contribution < -0.4 is 5.32 Å². The van der Waals surface area contributed by atoms with Crippen molar-refractivity contribution >= 4 is 0 Å². The highest BCUT2D eigenvalue weighted by Gasteiger charge is 2.02. The summed E-state index contributed by atoms with van der Waals surface area (Å²) in [6, 6.07) is 0. The number of ether oxygens (including phenoxy) is 1. The van der Waals surface area contributed by atoms with E-state index in [1.54, 1.807) is 6.20 Å². The second kappa shape index (κ2) is 7.43. The molecule has 1 N–H and O–H groups in total. The maximum atomic E-state index is 5.54. The van der Waals surface area contributed by atoms with Gasteiger partial charge in [0.1, 0.15) is 5.76 Å². The predicted octanol–water partition coefficient (Wildman–Crippen LogP) is 1.75. The van der Waals surface area contributed by atoms with Gasteiger partial charge in [0.2, 0.25) is 5.89 Å². The van der Waals surface area contributed by atoms with Crippen molar-refractivity contribution in [2.75, 3.05) is 19.8 Å². The maximum Gasteiger partial charge on any atom is 0.208 e. The average Bonchev–Trinajstić information content (AvgIpc) is 2.69. The standard InChI is InChI=1S/C11H20N2O2/c1-3-12-9-11-13-8-10(15-11)6-5-7-14-4-2/h8,12H,3-7,9H2,1-2H3. The SMILES string of the molecule is CCNCc1ncc(CCCOCC)o1. The molecule has 0 amide bonds. The van der Waals surface area contributed by atoms with Crippen LogP contribution in [0.15, 0.2) is 10.6 Å². The summed E-state index contributed by atoms with van der Waals surface area (Å²) in [6.07, 6.45) is 3.70. The second-order valence-corrected chi connectivity index (χ2v) is 3.30. The lowest BCUT2D eigenvalue weighted by Gasteiger charge is -1.98. The molecule has 15 heavy (non-hydrogen) atoms. The van der Waals surface area contributed by atoms with Crippen molar-refractivity contribution in [1.82, 2.24) is 10.3 Å². The van der Waals surface area contributed by atoms with Gasteiger partial charge in [0.25, 0.3) is 0 Å². The van der Waals surface area contributed by atoms with Crippen LogP contribution in [-0.2, 0) is 17.7 Å². The van der Waals surface area contributed by atoms with Crippen molar-refractivity contribution in [2.45, 2.75) is 33.2 Å². The van der Waals surface area contributed by atoms with E-state index < -0.39 is 0 Å². The number of oxazole rings is 1. The van der Waals surface area contributed by atoms with Crippen LogP contribution in [-0.4, -0.2) is 24.7 Å². The molecule has 4 heteroatoms. The number of nitrogens with zero attached hydrogens (tertiary/aromatic N) is 1. The number of aromatic nitrogens is 1. The first-order valence-corrected chi connectivity index (χ1v) is 5.58. The van der Waals surface area contributed by atoms with E-state index in [2.05, 4.69) is 17.2 Å². The summed E-state index contributed by atoms with van der Waals surface area (Å²) in [5.74, 6) is 1.71. The first-order valence-electron chi connectivity index (χ1n) is 5.58. The van der Waals surface area contributed by atoms with E-state index >= 15 is 0 Å². The van der Waals surface area contributed by atoms with Gasteiger partial charge < -0.3 is 14.5 Å². The molecule has 1 rings (SSSR count). The van der Waals surface area contributed by atoms with Crippen LogP contribution in [0.3, 0.4) is 0 Å². The monoisotopic (exact) mass is 212 g/mol. The highest BCUT2D eigenvalue weighted by Crippen LogP contribution is 2.06. The smallest absolute Gasteiger partial charge is 0.208 e. The van der Waals surface area contributed by atoms with Crippen LogP contribution in [0.5, 0.6) is 0 Å². The second-order valence-electron chi connectivity index (χ2n) is 3.30. The molecule has 0 unspecified atom stereocenters. The molecule has 1 aromatic heterocycles. The number of aryl methyl sites for hydroxylation is 1. The molecule has 0 atom stereocenters. The Hall–Kier alpha value is -0.870. The molecule has 0 saturated heterocycles. The van der Waals surface area contributed by atoms with E-state index in [1.165, 1.54) is 0 Å². The van der Waals surface area contributed by atoms with Gasteiger partial charge in [0, 0.05) is 19.6 Å². The number of hydrogen-bond donors (Lipinski definition) is 1. The fourth-order valence-corrected chi connectivity index (χ4v) is 1.27. The van der Waals surface area contributed by atoms with Gasteiger partial charge in [-0.1, -0.05) is 6.92 Å². The first-order chi connectivity index (χ1) is 7.36. The van der Waals surface area contributed by atoms with Gasteiger partial charge in [0.15, 0.2) is 0 Å². The zero-order chi connectivity index (χ0) is 10.9. The van der Waals surface area contributed by atoms with E-state index in [9.17, 15) is 0 Å². The Balaban J connectivity index is 2.20. The third-order valence-electron chi connectivity index (χ3n) is 2.04. The molecule has 0 fully saturated rings. The van der Waals surface area contributed by atoms with E-state index in [-0.39, 0.29) is 0 Å². The van der Waals surface area contributed by atoms with Gasteiger partial charge >= 0.3 is 0 Å². The fraction of sp³-hybridized carbons (Fsp3) is 0.727. The van der Waals surface area contributed by atoms with Crippen LogP contribution in [0.25, 0.3) is 0 Å². The number of rotatable bonds is 8. The zero-order valence-corrected chi connectivity index (χ0v) is 9.58. The summed E-state index contributed by atoms with van der Waals surface area (Å²) >= 11 is 0. The zero-order valence-electron chi connectivity index (χ0n) is 9.58.